The molecule has 0 spiro atoms. The minimum absolute atomic E-state index is 0.0434. The molecule has 0 radical (unpaired) electrons. The van der Waals surface area contributed by atoms with Gasteiger partial charge in [-0.15, -0.1) is 0 Å². The van der Waals surface area contributed by atoms with Gasteiger partial charge in [-0.3, -0.25) is 0 Å². The molecular weight excluding hydrogens is 350 g/mol. The largest absolute Gasteiger partial charge is 0.450 e. The Morgan fingerprint density at radius 3 is 2.85 bits per heavy atom. The molecule has 1 fully saturated rings. The van der Waals surface area contributed by atoms with Gasteiger partial charge in [-0.1, -0.05) is 0 Å². The molecule has 1 aromatic rings. The van der Waals surface area contributed by atoms with Gasteiger partial charge in [0.25, 0.3) is 0 Å². The van der Waals surface area contributed by atoms with Gasteiger partial charge in [-0.05, 0) is 35.7 Å². The molecule has 0 saturated carbocycles. The summed E-state index contributed by atoms with van der Waals surface area (Å²) in [5.74, 6) is 0.210. The molecule has 1 unspecified atom stereocenters. The van der Waals surface area contributed by atoms with E-state index < -0.39 is 15.6 Å². The molecular formula is C12H18BrNO5S. The molecule has 114 valence electrons. The Bertz CT molecular complexity index is 585. The van der Waals surface area contributed by atoms with Gasteiger partial charge in [0.1, 0.15) is 17.3 Å². The molecule has 1 aliphatic rings. The van der Waals surface area contributed by atoms with Crippen LogP contribution in [0.2, 0.25) is 0 Å². The van der Waals surface area contributed by atoms with E-state index in [1.807, 2.05) is 6.92 Å². The van der Waals surface area contributed by atoms with Crippen LogP contribution in [0.5, 0.6) is 0 Å². The minimum atomic E-state index is -3.66. The van der Waals surface area contributed by atoms with E-state index in [0.29, 0.717) is 13.1 Å². The first kappa shape index (κ1) is 16.0. The zero-order valence-corrected chi connectivity index (χ0v) is 13.8. The van der Waals surface area contributed by atoms with Crippen LogP contribution in [0.1, 0.15) is 25.5 Å². The lowest BCUT2D eigenvalue weighted by Crippen LogP contribution is -2.49. The second kappa shape index (κ2) is 5.76. The van der Waals surface area contributed by atoms with Crippen LogP contribution in [-0.2, 0) is 21.4 Å². The highest BCUT2D eigenvalue weighted by molar-refractivity contribution is 9.10. The maximum atomic E-state index is 12.6. The zero-order chi connectivity index (χ0) is 15.0. The van der Waals surface area contributed by atoms with Gasteiger partial charge in [-0.25, -0.2) is 8.42 Å². The second-order valence-corrected chi connectivity index (χ2v) is 7.73. The Balaban J connectivity index is 2.32. The van der Waals surface area contributed by atoms with Crippen molar-refractivity contribution in [2.24, 2.45) is 0 Å². The maximum absolute atomic E-state index is 12.6. The molecule has 2 rings (SSSR count). The van der Waals surface area contributed by atoms with Crippen LogP contribution in [0.3, 0.4) is 0 Å². The summed E-state index contributed by atoms with van der Waals surface area (Å²) >= 11 is 3.09. The molecule has 6 nitrogen and oxygen atoms in total. The molecule has 0 aromatic carbocycles. The highest BCUT2D eigenvalue weighted by Crippen LogP contribution is 2.33. The van der Waals surface area contributed by atoms with Crippen LogP contribution >= 0.6 is 15.9 Å². The van der Waals surface area contributed by atoms with E-state index in [-0.39, 0.29) is 21.9 Å². The van der Waals surface area contributed by atoms with Crippen LogP contribution in [-0.4, -0.2) is 43.6 Å². The number of aliphatic hydroxyl groups excluding tert-OH is 1. The molecule has 0 amide bonds. The summed E-state index contributed by atoms with van der Waals surface area (Å²) in [6, 6.07) is 1.35. The fourth-order valence-electron chi connectivity index (χ4n) is 2.32. The molecule has 1 N–H and O–H groups in total. The Kier molecular flexibility index (Phi) is 4.60. The van der Waals surface area contributed by atoms with E-state index in [4.69, 9.17) is 14.3 Å². The number of piperidine rings is 1. The molecule has 20 heavy (non-hydrogen) atoms. The molecule has 1 aliphatic heterocycles. The van der Waals surface area contributed by atoms with Crippen LogP contribution in [0.15, 0.2) is 20.0 Å². The van der Waals surface area contributed by atoms with Crippen molar-refractivity contribution in [3.8, 4) is 0 Å². The Labute approximate surface area is 126 Å². The number of hydrogen-bond donors (Lipinski definition) is 1. The van der Waals surface area contributed by atoms with E-state index in [2.05, 4.69) is 15.9 Å². The minimum Gasteiger partial charge on any atom is -0.450 e. The summed E-state index contributed by atoms with van der Waals surface area (Å²) in [5.41, 5.74) is -0.471. The van der Waals surface area contributed by atoms with Crippen molar-refractivity contribution in [1.82, 2.24) is 4.31 Å². The summed E-state index contributed by atoms with van der Waals surface area (Å²) in [7, 11) is -2.07. The lowest BCUT2D eigenvalue weighted by molar-refractivity contribution is -0.0319. The van der Waals surface area contributed by atoms with Crippen LogP contribution in [0.4, 0.5) is 0 Å². The van der Waals surface area contributed by atoms with Crippen molar-refractivity contribution in [2.45, 2.75) is 36.9 Å². The first-order valence-corrected chi connectivity index (χ1v) is 8.50. The van der Waals surface area contributed by atoms with Crippen LogP contribution in [0.25, 0.3) is 0 Å². The average molecular weight is 368 g/mol. The number of hydrogen-bond acceptors (Lipinski definition) is 5. The lowest BCUT2D eigenvalue weighted by atomic mass is 9.96. The molecule has 1 aromatic heterocycles. The molecule has 1 atom stereocenters. The zero-order valence-electron chi connectivity index (χ0n) is 11.4. The number of ether oxygens (including phenoxy) is 1. The number of halogens is 1. The molecule has 8 heteroatoms. The predicted octanol–water partition coefficient (Wildman–Crippen LogP) is 1.72. The lowest BCUT2D eigenvalue weighted by Gasteiger charge is -2.38. The van der Waals surface area contributed by atoms with Gasteiger partial charge in [0.05, 0.1) is 5.60 Å². The average Bonchev–Trinajstić information content (AvgIpc) is 2.81. The van der Waals surface area contributed by atoms with Gasteiger partial charge >= 0.3 is 0 Å². The van der Waals surface area contributed by atoms with Gasteiger partial charge in [0.2, 0.25) is 10.0 Å². The number of aliphatic hydroxyl groups is 1. The molecule has 2 heterocycles. The van der Waals surface area contributed by atoms with E-state index in [1.165, 1.54) is 10.4 Å². The van der Waals surface area contributed by atoms with E-state index in [9.17, 15) is 8.42 Å². The molecule has 0 bridgehead atoms. The van der Waals surface area contributed by atoms with Gasteiger partial charge in [0.15, 0.2) is 4.67 Å². The van der Waals surface area contributed by atoms with Crippen LogP contribution in [0, 0.1) is 0 Å². The van der Waals surface area contributed by atoms with E-state index >= 15 is 0 Å². The van der Waals surface area contributed by atoms with Crippen LogP contribution < -0.4 is 0 Å². The van der Waals surface area contributed by atoms with Gasteiger partial charge in [-0.2, -0.15) is 4.31 Å². The fraction of sp³-hybridized carbons (Fsp3) is 0.667. The number of sulfonamides is 1. The SMILES string of the molecule is COC1(C)CCCN(S(=O)(=O)c2cc(CO)oc2Br)C1. The summed E-state index contributed by atoms with van der Waals surface area (Å²) in [4.78, 5) is 0.0434. The Hall–Kier alpha value is -0.410. The maximum Gasteiger partial charge on any atom is 0.247 e. The topological polar surface area (TPSA) is 80.0 Å². The summed E-state index contributed by atoms with van der Waals surface area (Å²) in [6.45, 7) is 2.31. The van der Waals surface area contributed by atoms with Crippen molar-refractivity contribution >= 4 is 26.0 Å². The summed E-state index contributed by atoms with van der Waals surface area (Å²) < 4.78 is 37.4. The van der Waals surface area contributed by atoms with Crippen molar-refractivity contribution in [3.05, 3.63) is 16.5 Å². The van der Waals surface area contributed by atoms with Crippen molar-refractivity contribution in [2.75, 3.05) is 20.2 Å². The smallest absolute Gasteiger partial charge is 0.247 e. The third-order valence-corrected chi connectivity index (χ3v) is 6.30. The summed E-state index contributed by atoms with van der Waals surface area (Å²) in [5, 5.41) is 9.03. The molecule has 1 saturated heterocycles. The number of rotatable bonds is 4. The van der Waals surface area contributed by atoms with E-state index in [1.54, 1.807) is 7.11 Å². The Morgan fingerprint density at radius 1 is 1.60 bits per heavy atom. The monoisotopic (exact) mass is 367 g/mol. The number of nitrogens with zero attached hydrogens (tertiary/aromatic N) is 1. The third kappa shape index (κ3) is 2.94. The Morgan fingerprint density at radius 2 is 2.30 bits per heavy atom. The molecule has 0 aliphatic carbocycles. The highest BCUT2D eigenvalue weighted by Gasteiger charge is 2.38. The number of methoxy groups -OCH3 is 1. The first-order valence-electron chi connectivity index (χ1n) is 6.27. The van der Waals surface area contributed by atoms with Crippen molar-refractivity contribution < 1.29 is 22.7 Å². The fourth-order valence-corrected chi connectivity index (χ4v) is 4.87. The first-order chi connectivity index (χ1) is 9.32. The standard InChI is InChI=1S/C12H18BrNO5S/c1-12(18-2)4-3-5-14(8-12)20(16,17)10-6-9(7-15)19-11(10)13/h6,15H,3-5,7-8H2,1-2H3. The normalized spacial score (nSPS) is 25.0. The van der Waals surface area contributed by atoms with Gasteiger partial charge < -0.3 is 14.3 Å². The predicted molar refractivity (Wildman–Crippen MR) is 75.7 cm³/mol. The quantitative estimate of drug-likeness (QED) is 0.876. The van der Waals surface area contributed by atoms with Gasteiger partial charge in [0, 0.05) is 26.3 Å². The number of furan rings is 1. The summed E-state index contributed by atoms with van der Waals surface area (Å²) in [6.07, 6.45) is 1.57. The van der Waals surface area contributed by atoms with E-state index in [0.717, 1.165) is 12.8 Å². The highest BCUT2D eigenvalue weighted by atomic mass is 79.9. The van der Waals surface area contributed by atoms with Crippen molar-refractivity contribution in [3.63, 3.8) is 0 Å². The van der Waals surface area contributed by atoms with Crippen molar-refractivity contribution in [1.29, 1.82) is 0 Å². The second-order valence-electron chi connectivity index (χ2n) is 5.10. The third-order valence-electron chi connectivity index (χ3n) is 3.60.